The number of esters is 1. The molecular weight excluding hydrogens is 314 g/mol. The summed E-state index contributed by atoms with van der Waals surface area (Å²) in [6.07, 6.45) is 1.66. The third-order valence-electron chi connectivity index (χ3n) is 3.75. The summed E-state index contributed by atoms with van der Waals surface area (Å²) in [7, 11) is 1.48. The molecule has 1 amide bonds. The highest BCUT2D eigenvalue weighted by molar-refractivity contribution is 5.92. The predicted octanol–water partition coefficient (Wildman–Crippen LogP) is 1.93. The molecule has 0 atom stereocenters. The van der Waals surface area contributed by atoms with Gasteiger partial charge in [0, 0.05) is 6.04 Å². The minimum atomic E-state index is -0.620. The summed E-state index contributed by atoms with van der Waals surface area (Å²) in [4.78, 5) is 24.0. The molecule has 7 nitrogen and oxygen atoms in total. The van der Waals surface area contributed by atoms with Crippen LogP contribution in [-0.2, 0) is 9.53 Å². The van der Waals surface area contributed by atoms with Gasteiger partial charge < -0.3 is 24.3 Å². The van der Waals surface area contributed by atoms with Crippen molar-refractivity contribution >= 4 is 11.9 Å². The maximum Gasteiger partial charge on any atom is 0.338 e. The van der Waals surface area contributed by atoms with Gasteiger partial charge in [0.25, 0.3) is 5.91 Å². The van der Waals surface area contributed by atoms with Crippen LogP contribution in [0.2, 0.25) is 0 Å². The van der Waals surface area contributed by atoms with Gasteiger partial charge in [0.05, 0.1) is 12.7 Å². The second-order valence-electron chi connectivity index (χ2n) is 5.36. The van der Waals surface area contributed by atoms with Crippen molar-refractivity contribution in [1.29, 1.82) is 0 Å². The molecule has 1 aromatic rings. The predicted molar refractivity (Wildman–Crippen MR) is 86.8 cm³/mol. The summed E-state index contributed by atoms with van der Waals surface area (Å²) in [6, 6.07) is 3.12. The highest BCUT2D eigenvalue weighted by atomic mass is 16.6. The molecule has 1 aromatic carbocycles. The van der Waals surface area contributed by atoms with Gasteiger partial charge in [0.15, 0.2) is 18.1 Å². The average molecular weight is 337 g/mol. The van der Waals surface area contributed by atoms with E-state index in [1.165, 1.54) is 19.2 Å². The molecule has 0 radical (unpaired) electrons. The maximum absolute atomic E-state index is 12.2. The standard InChI is InChI=1S/C17H23NO6/c1-4-12(5-2)18-15(19)10-24-17(20)11-8-13(21-3)16-14(9-11)22-6-7-23-16/h8-9,12H,4-7,10H2,1-3H3,(H,18,19). The number of carbonyl (C=O) groups excluding carboxylic acids is 2. The summed E-state index contributed by atoms with van der Waals surface area (Å²) >= 11 is 0. The minimum absolute atomic E-state index is 0.0885. The number of hydrogen-bond donors (Lipinski definition) is 1. The highest BCUT2D eigenvalue weighted by Gasteiger charge is 2.22. The quantitative estimate of drug-likeness (QED) is 0.766. The molecule has 1 heterocycles. The topological polar surface area (TPSA) is 83.1 Å². The smallest absolute Gasteiger partial charge is 0.338 e. The number of nitrogens with one attached hydrogen (secondary N) is 1. The number of methoxy groups -OCH3 is 1. The van der Waals surface area contributed by atoms with Crippen LogP contribution in [0.25, 0.3) is 0 Å². The lowest BCUT2D eigenvalue weighted by Crippen LogP contribution is -2.36. The Morgan fingerprint density at radius 1 is 1.21 bits per heavy atom. The van der Waals surface area contributed by atoms with Crippen LogP contribution in [-0.4, -0.2) is 44.8 Å². The van der Waals surface area contributed by atoms with E-state index in [2.05, 4.69) is 5.32 Å². The number of amides is 1. The lowest BCUT2D eigenvalue weighted by atomic mass is 10.1. The van der Waals surface area contributed by atoms with Crippen molar-refractivity contribution in [1.82, 2.24) is 5.32 Å². The lowest BCUT2D eigenvalue weighted by Gasteiger charge is -2.21. The van der Waals surface area contributed by atoms with Gasteiger partial charge in [0.2, 0.25) is 5.75 Å². The normalized spacial score (nSPS) is 12.7. The molecule has 1 aliphatic heterocycles. The molecule has 0 aliphatic carbocycles. The Morgan fingerprint density at radius 3 is 2.58 bits per heavy atom. The number of hydrogen-bond acceptors (Lipinski definition) is 6. The van der Waals surface area contributed by atoms with Crippen LogP contribution < -0.4 is 19.5 Å². The second kappa shape index (κ2) is 8.42. The van der Waals surface area contributed by atoms with Crippen molar-refractivity contribution in [2.75, 3.05) is 26.9 Å². The first-order valence-electron chi connectivity index (χ1n) is 8.03. The van der Waals surface area contributed by atoms with Crippen LogP contribution >= 0.6 is 0 Å². The fourth-order valence-electron chi connectivity index (χ4n) is 2.37. The molecule has 1 N–H and O–H groups in total. The van der Waals surface area contributed by atoms with Crippen LogP contribution in [0.15, 0.2) is 12.1 Å². The van der Waals surface area contributed by atoms with E-state index in [1.807, 2.05) is 13.8 Å². The van der Waals surface area contributed by atoms with Crippen LogP contribution in [0.3, 0.4) is 0 Å². The molecule has 0 unspecified atom stereocenters. The van der Waals surface area contributed by atoms with E-state index in [9.17, 15) is 9.59 Å². The third kappa shape index (κ3) is 4.31. The van der Waals surface area contributed by atoms with Crippen molar-refractivity contribution in [2.45, 2.75) is 32.7 Å². The molecule has 2 rings (SSSR count). The van der Waals surface area contributed by atoms with Gasteiger partial charge in [-0.2, -0.15) is 0 Å². The molecule has 0 fully saturated rings. The molecule has 24 heavy (non-hydrogen) atoms. The fourth-order valence-corrected chi connectivity index (χ4v) is 2.37. The van der Waals surface area contributed by atoms with Crippen molar-refractivity contribution in [3.63, 3.8) is 0 Å². The van der Waals surface area contributed by atoms with Crippen molar-refractivity contribution < 1.29 is 28.5 Å². The van der Waals surface area contributed by atoms with Gasteiger partial charge >= 0.3 is 5.97 Å². The zero-order valence-electron chi connectivity index (χ0n) is 14.2. The second-order valence-corrected chi connectivity index (χ2v) is 5.36. The highest BCUT2D eigenvalue weighted by Crippen LogP contribution is 2.40. The van der Waals surface area contributed by atoms with E-state index >= 15 is 0 Å². The maximum atomic E-state index is 12.2. The first-order valence-corrected chi connectivity index (χ1v) is 8.03. The molecule has 0 aromatic heterocycles. The largest absolute Gasteiger partial charge is 0.493 e. The summed E-state index contributed by atoms with van der Waals surface area (Å²) in [5, 5.41) is 2.81. The molecule has 0 bridgehead atoms. The summed E-state index contributed by atoms with van der Waals surface area (Å²) in [5.41, 5.74) is 0.242. The number of rotatable bonds is 7. The first-order chi connectivity index (χ1) is 11.6. The number of ether oxygens (including phenoxy) is 4. The molecular formula is C17H23NO6. The van der Waals surface area contributed by atoms with Crippen LogP contribution in [0, 0.1) is 0 Å². The van der Waals surface area contributed by atoms with E-state index in [0.717, 1.165) is 12.8 Å². The summed E-state index contributed by atoms with van der Waals surface area (Å²) < 4.78 is 21.2. The molecule has 0 saturated carbocycles. The monoisotopic (exact) mass is 337 g/mol. The zero-order valence-corrected chi connectivity index (χ0v) is 14.2. The van der Waals surface area contributed by atoms with Gasteiger partial charge in [0.1, 0.15) is 13.2 Å². The van der Waals surface area contributed by atoms with Crippen LogP contribution in [0.5, 0.6) is 17.2 Å². The Hall–Kier alpha value is -2.44. The molecule has 1 aliphatic rings. The molecule has 7 heteroatoms. The average Bonchev–Trinajstić information content (AvgIpc) is 2.63. The SMILES string of the molecule is CCC(CC)NC(=O)COC(=O)c1cc(OC)c2c(c1)OCCO2. The summed E-state index contributed by atoms with van der Waals surface area (Å²) in [5.74, 6) is 0.341. The zero-order chi connectivity index (χ0) is 17.5. The van der Waals surface area contributed by atoms with E-state index in [-0.39, 0.29) is 24.1 Å². The molecule has 0 saturated heterocycles. The number of benzene rings is 1. The van der Waals surface area contributed by atoms with Gasteiger partial charge in [-0.05, 0) is 25.0 Å². The Bertz CT molecular complexity index is 580. The third-order valence-corrected chi connectivity index (χ3v) is 3.75. The van der Waals surface area contributed by atoms with E-state index < -0.39 is 5.97 Å². The van der Waals surface area contributed by atoms with Gasteiger partial charge in [-0.1, -0.05) is 13.8 Å². The van der Waals surface area contributed by atoms with Crippen molar-refractivity contribution in [3.8, 4) is 17.2 Å². The minimum Gasteiger partial charge on any atom is -0.493 e. The van der Waals surface area contributed by atoms with Crippen LogP contribution in [0.1, 0.15) is 37.0 Å². The Balaban J connectivity index is 2.01. The molecule has 0 spiro atoms. The van der Waals surface area contributed by atoms with Gasteiger partial charge in [-0.15, -0.1) is 0 Å². The lowest BCUT2D eigenvalue weighted by molar-refractivity contribution is -0.125. The Morgan fingerprint density at radius 2 is 1.92 bits per heavy atom. The van der Waals surface area contributed by atoms with Gasteiger partial charge in [-0.25, -0.2) is 4.79 Å². The van der Waals surface area contributed by atoms with E-state index in [1.54, 1.807) is 0 Å². The van der Waals surface area contributed by atoms with Crippen molar-refractivity contribution in [2.24, 2.45) is 0 Å². The number of fused-ring (bicyclic) bond motifs is 1. The fraction of sp³-hybridized carbons (Fsp3) is 0.529. The number of carbonyl (C=O) groups is 2. The van der Waals surface area contributed by atoms with E-state index in [0.29, 0.717) is 30.5 Å². The molecule has 132 valence electrons. The first kappa shape index (κ1) is 17.9. The van der Waals surface area contributed by atoms with Crippen molar-refractivity contribution in [3.05, 3.63) is 17.7 Å². The van der Waals surface area contributed by atoms with Gasteiger partial charge in [-0.3, -0.25) is 4.79 Å². The summed E-state index contributed by atoms with van der Waals surface area (Å²) in [6.45, 7) is 4.46. The Labute approximate surface area is 141 Å². The van der Waals surface area contributed by atoms with Crippen LogP contribution in [0.4, 0.5) is 0 Å². The van der Waals surface area contributed by atoms with E-state index in [4.69, 9.17) is 18.9 Å². The Kier molecular flexibility index (Phi) is 6.28.